The smallest absolute Gasteiger partial charge is 0.315 e. The van der Waals surface area contributed by atoms with E-state index in [0.29, 0.717) is 6.61 Å². The normalized spacial score (nSPS) is 28.2. The predicted octanol–water partition coefficient (Wildman–Crippen LogP) is 0.174. The van der Waals surface area contributed by atoms with Crippen molar-refractivity contribution >= 4 is 6.03 Å². The summed E-state index contributed by atoms with van der Waals surface area (Å²) >= 11 is 0. The van der Waals surface area contributed by atoms with E-state index in [1.165, 1.54) is 0 Å². The molecule has 2 fully saturated rings. The standard InChI is InChI=1S/C13H21N3O2/c1-18-10-3-2-7-16-8-4-5-13(6-9-16)11-14-12(17)15-13/h4-11H2,1H3,(H2,14,15,17). The van der Waals surface area contributed by atoms with Crippen LogP contribution in [0, 0.1) is 11.8 Å². The lowest BCUT2D eigenvalue weighted by Gasteiger charge is -2.26. The van der Waals surface area contributed by atoms with E-state index in [1.54, 1.807) is 7.11 Å². The molecule has 0 aromatic heterocycles. The summed E-state index contributed by atoms with van der Waals surface area (Å²) in [6.45, 7) is 4.09. The SMILES string of the molecule is COCC#CCN1CCCC2(CC1)CNC(=O)N2. The van der Waals surface area contributed by atoms with E-state index in [-0.39, 0.29) is 11.6 Å². The van der Waals surface area contributed by atoms with E-state index >= 15 is 0 Å². The summed E-state index contributed by atoms with van der Waals surface area (Å²) in [4.78, 5) is 13.6. The van der Waals surface area contributed by atoms with Gasteiger partial charge in [-0.05, 0) is 25.8 Å². The largest absolute Gasteiger partial charge is 0.372 e. The van der Waals surface area contributed by atoms with E-state index in [1.807, 2.05) is 0 Å². The molecule has 5 heteroatoms. The van der Waals surface area contributed by atoms with Gasteiger partial charge in [0.15, 0.2) is 0 Å². The number of carbonyl (C=O) groups excluding carboxylic acids is 1. The van der Waals surface area contributed by atoms with Crippen molar-refractivity contribution in [2.45, 2.75) is 24.8 Å². The fourth-order valence-electron chi connectivity index (χ4n) is 2.58. The van der Waals surface area contributed by atoms with Gasteiger partial charge in [-0.3, -0.25) is 4.90 Å². The van der Waals surface area contributed by atoms with Crippen LogP contribution < -0.4 is 10.6 Å². The lowest BCUT2D eigenvalue weighted by Crippen LogP contribution is -2.44. The maximum absolute atomic E-state index is 11.3. The minimum atomic E-state index is -0.0247. The van der Waals surface area contributed by atoms with Crippen molar-refractivity contribution in [2.24, 2.45) is 0 Å². The van der Waals surface area contributed by atoms with Gasteiger partial charge in [0.1, 0.15) is 6.61 Å². The number of likely N-dealkylation sites (tertiary alicyclic amines) is 1. The Kier molecular flexibility index (Phi) is 4.45. The van der Waals surface area contributed by atoms with Gasteiger partial charge in [-0.2, -0.15) is 0 Å². The molecule has 0 aromatic carbocycles. The molecule has 0 bridgehead atoms. The lowest BCUT2D eigenvalue weighted by atomic mass is 9.92. The fraction of sp³-hybridized carbons (Fsp3) is 0.769. The van der Waals surface area contributed by atoms with Crippen molar-refractivity contribution in [1.29, 1.82) is 0 Å². The zero-order valence-electron chi connectivity index (χ0n) is 10.9. The van der Waals surface area contributed by atoms with Crippen LogP contribution in [0.2, 0.25) is 0 Å². The summed E-state index contributed by atoms with van der Waals surface area (Å²) in [5.74, 6) is 6.09. The second kappa shape index (κ2) is 6.07. The zero-order chi connectivity index (χ0) is 12.8. The average Bonchev–Trinajstić information content (AvgIpc) is 2.61. The minimum Gasteiger partial charge on any atom is -0.372 e. The van der Waals surface area contributed by atoms with Crippen LogP contribution in [0.5, 0.6) is 0 Å². The first kappa shape index (κ1) is 13.2. The van der Waals surface area contributed by atoms with Crippen molar-refractivity contribution in [2.75, 3.05) is 39.9 Å². The number of hydrogen-bond acceptors (Lipinski definition) is 3. The summed E-state index contributed by atoms with van der Waals surface area (Å²) in [5.41, 5.74) is -0.0220. The summed E-state index contributed by atoms with van der Waals surface area (Å²) in [7, 11) is 1.65. The third-order valence-corrected chi connectivity index (χ3v) is 3.65. The molecule has 0 radical (unpaired) electrons. The Morgan fingerprint density at radius 3 is 3.00 bits per heavy atom. The van der Waals surface area contributed by atoms with E-state index in [2.05, 4.69) is 27.4 Å². The van der Waals surface area contributed by atoms with E-state index < -0.39 is 0 Å². The second-order valence-corrected chi connectivity index (χ2v) is 5.00. The molecule has 1 spiro atoms. The number of ether oxygens (including phenoxy) is 1. The number of carbonyl (C=O) groups is 1. The maximum Gasteiger partial charge on any atom is 0.315 e. The Bertz CT molecular complexity index is 361. The second-order valence-electron chi connectivity index (χ2n) is 5.00. The van der Waals surface area contributed by atoms with Crippen molar-refractivity contribution in [1.82, 2.24) is 15.5 Å². The number of nitrogens with one attached hydrogen (secondary N) is 2. The van der Waals surface area contributed by atoms with Crippen LogP contribution in [-0.2, 0) is 4.74 Å². The molecule has 2 aliphatic rings. The Morgan fingerprint density at radius 2 is 2.28 bits per heavy atom. The predicted molar refractivity (Wildman–Crippen MR) is 69.2 cm³/mol. The van der Waals surface area contributed by atoms with Crippen LogP contribution in [-0.4, -0.2) is 56.4 Å². The summed E-state index contributed by atoms with van der Waals surface area (Å²) in [6.07, 6.45) is 3.15. The van der Waals surface area contributed by atoms with Gasteiger partial charge in [0.25, 0.3) is 0 Å². The molecule has 2 rings (SSSR count). The van der Waals surface area contributed by atoms with Crippen LogP contribution in [0.4, 0.5) is 4.79 Å². The number of urea groups is 1. The molecule has 1 atom stereocenters. The number of methoxy groups -OCH3 is 1. The van der Waals surface area contributed by atoms with Gasteiger partial charge >= 0.3 is 6.03 Å². The van der Waals surface area contributed by atoms with E-state index in [4.69, 9.17) is 4.74 Å². The molecular formula is C13H21N3O2. The van der Waals surface area contributed by atoms with Crippen molar-refractivity contribution in [3.05, 3.63) is 0 Å². The third kappa shape index (κ3) is 3.37. The monoisotopic (exact) mass is 251 g/mol. The van der Waals surface area contributed by atoms with Crippen LogP contribution in [0.25, 0.3) is 0 Å². The summed E-state index contributed by atoms with van der Waals surface area (Å²) in [6, 6.07) is -0.0247. The van der Waals surface area contributed by atoms with Crippen molar-refractivity contribution < 1.29 is 9.53 Å². The van der Waals surface area contributed by atoms with Crippen LogP contribution >= 0.6 is 0 Å². The third-order valence-electron chi connectivity index (χ3n) is 3.65. The van der Waals surface area contributed by atoms with Gasteiger partial charge in [-0.1, -0.05) is 11.8 Å². The lowest BCUT2D eigenvalue weighted by molar-refractivity contribution is 0.239. The molecule has 0 saturated carbocycles. The van der Waals surface area contributed by atoms with Crippen LogP contribution in [0.15, 0.2) is 0 Å². The first-order valence-electron chi connectivity index (χ1n) is 6.47. The Labute approximate surface area is 108 Å². The van der Waals surface area contributed by atoms with Crippen LogP contribution in [0.3, 0.4) is 0 Å². The van der Waals surface area contributed by atoms with Gasteiger partial charge in [-0.15, -0.1) is 0 Å². The Morgan fingerprint density at radius 1 is 1.39 bits per heavy atom. The summed E-state index contributed by atoms with van der Waals surface area (Å²) < 4.78 is 4.90. The molecule has 0 aromatic rings. The number of amides is 2. The van der Waals surface area contributed by atoms with E-state index in [0.717, 1.165) is 45.4 Å². The van der Waals surface area contributed by atoms with Gasteiger partial charge < -0.3 is 15.4 Å². The first-order valence-corrected chi connectivity index (χ1v) is 6.47. The summed E-state index contributed by atoms with van der Waals surface area (Å²) in [5, 5.41) is 5.94. The number of hydrogen-bond donors (Lipinski definition) is 2. The molecule has 2 aliphatic heterocycles. The van der Waals surface area contributed by atoms with Crippen molar-refractivity contribution in [3.63, 3.8) is 0 Å². The van der Waals surface area contributed by atoms with Gasteiger partial charge in [-0.25, -0.2) is 4.79 Å². The average molecular weight is 251 g/mol. The zero-order valence-corrected chi connectivity index (χ0v) is 10.9. The molecule has 2 amide bonds. The van der Waals surface area contributed by atoms with Crippen LogP contribution in [0.1, 0.15) is 19.3 Å². The highest BCUT2D eigenvalue weighted by Crippen LogP contribution is 2.24. The molecule has 100 valence electrons. The van der Waals surface area contributed by atoms with E-state index in [9.17, 15) is 4.79 Å². The number of rotatable bonds is 2. The molecule has 5 nitrogen and oxygen atoms in total. The molecule has 2 heterocycles. The molecule has 1 unspecified atom stereocenters. The molecule has 2 saturated heterocycles. The molecule has 2 N–H and O–H groups in total. The number of nitrogens with zero attached hydrogens (tertiary/aromatic N) is 1. The van der Waals surface area contributed by atoms with Crippen molar-refractivity contribution in [3.8, 4) is 11.8 Å². The highest BCUT2D eigenvalue weighted by molar-refractivity contribution is 5.77. The van der Waals surface area contributed by atoms with Gasteiger partial charge in [0, 0.05) is 20.2 Å². The fourth-order valence-corrected chi connectivity index (χ4v) is 2.58. The Balaban J connectivity index is 1.82. The minimum absolute atomic E-state index is 0.0220. The molecular weight excluding hydrogens is 230 g/mol. The molecule has 0 aliphatic carbocycles. The topological polar surface area (TPSA) is 53.6 Å². The van der Waals surface area contributed by atoms with Gasteiger partial charge in [0.05, 0.1) is 12.1 Å². The van der Waals surface area contributed by atoms with Gasteiger partial charge in [0.2, 0.25) is 0 Å². The Hall–Kier alpha value is -1.25. The highest BCUT2D eigenvalue weighted by atomic mass is 16.5. The quantitative estimate of drug-likeness (QED) is 0.688. The first-order chi connectivity index (χ1) is 8.74. The highest BCUT2D eigenvalue weighted by Gasteiger charge is 2.38. The maximum atomic E-state index is 11.3. The molecule has 18 heavy (non-hydrogen) atoms.